The normalized spacial score (nSPS) is 11.3. The molecule has 1 aromatic rings. The van der Waals surface area contributed by atoms with Gasteiger partial charge >= 0.3 is 0 Å². The molecule has 0 heterocycles. The molecule has 5 heteroatoms. The van der Waals surface area contributed by atoms with E-state index in [0.29, 0.717) is 16.7 Å². The number of hydrogen-bond donors (Lipinski definition) is 2. The van der Waals surface area contributed by atoms with E-state index in [4.69, 9.17) is 12.2 Å². The van der Waals surface area contributed by atoms with Crippen molar-refractivity contribution >= 4 is 29.2 Å². The van der Waals surface area contributed by atoms with E-state index in [2.05, 4.69) is 15.8 Å². The van der Waals surface area contributed by atoms with Gasteiger partial charge in [-0.15, -0.1) is 0 Å². The van der Waals surface area contributed by atoms with Gasteiger partial charge in [0.15, 0.2) is 5.11 Å². The molecule has 3 nitrogen and oxygen atoms in total. The van der Waals surface area contributed by atoms with Crippen molar-refractivity contribution in [3.63, 3.8) is 0 Å². The highest BCUT2D eigenvalue weighted by molar-refractivity contribution is 7.80. The SMILES string of the molecule is CC(C)/C=N/NC(=S)Nc1cc(F)ccc1C(C)C. The molecule has 0 bridgehead atoms. The van der Waals surface area contributed by atoms with E-state index in [1.54, 1.807) is 12.3 Å². The first-order valence-electron chi connectivity index (χ1n) is 6.29. The molecule has 1 rings (SSSR count). The van der Waals surface area contributed by atoms with Gasteiger partial charge in [-0.05, 0) is 41.7 Å². The summed E-state index contributed by atoms with van der Waals surface area (Å²) in [5.74, 6) is 0.334. The minimum atomic E-state index is -0.291. The van der Waals surface area contributed by atoms with Gasteiger partial charge < -0.3 is 5.32 Å². The second-order valence-electron chi connectivity index (χ2n) is 4.97. The topological polar surface area (TPSA) is 36.4 Å². The van der Waals surface area contributed by atoms with Crippen LogP contribution in [0, 0.1) is 11.7 Å². The quantitative estimate of drug-likeness (QED) is 0.499. The van der Waals surface area contributed by atoms with Crippen LogP contribution in [-0.2, 0) is 0 Å². The molecule has 104 valence electrons. The molecular weight excluding hydrogens is 261 g/mol. The Labute approximate surface area is 119 Å². The molecule has 0 fully saturated rings. The van der Waals surface area contributed by atoms with E-state index >= 15 is 0 Å². The lowest BCUT2D eigenvalue weighted by atomic mass is 10.0. The van der Waals surface area contributed by atoms with E-state index in [1.165, 1.54) is 12.1 Å². The second kappa shape index (κ2) is 7.19. The summed E-state index contributed by atoms with van der Waals surface area (Å²) in [6, 6.07) is 4.66. The highest BCUT2D eigenvalue weighted by Gasteiger charge is 2.08. The van der Waals surface area contributed by atoms with Crippen molar-refractivity contribution in [1.29, 1.82) is 0 Å². The first-order chi connectivity index (χ1) is 8.90. The fraction of sp³-hybridized carbons (Fsp3) is 0.429. The molecule has 0 radical (unpaired) electrons. The smallest absolute Gasteiger partial charge is 0.191 e. The van der Waals surface area contributed by atoms with Gasteiger partial charge in [-0.25, -0.2) is 4.39 Å². The van der Waals surface area contributed by atoms with Crippen molar-refractivity contribution in [3.05, 3.63) is 29.6 Å². The highest BCUT2D eigenvalue weighted by Crippen LogP contribution is 2.24. The Morgan fingerprint density at radius 1 is 1.32 bits per heavy atom. The molecule has 0 saturated carbocycles. The van der Waals surface area contributed by atoms with Crippen molar-refractivity contribution in [3.8, 4) is 0 Å². The number of nitrogens with zero attached hydrogens (tertiary/aromatic N) is 1. The summed E-state index contributed by atoms with van der Waals surface area (Å²) < 4.78 is 13.3. The Morgan fingerprint density at radius 3 is 2.58 bits per heavy atom. The van der Waals surface area contributed by atoms with Crippen LogP contribution in [0.5, 0.6) is 0 Å². The monoisotopic (exact) mass is 281 g/mol. The average molecular weight is 281 g/mol. The molecule has 2 N–H and O–H groups in total. The summed E-state index contributed by atoms with van der Waals surface area (Å²) in [6.45, 7) is 8.13. The van der Waals surface area contributed by atoms with Crippen LogP contribution in [-0.4, -0.2) is 11.3 Å². The van der Waals surface area contributed by atoms with Crippen LogP contribution in [0.25, 0.3) is 0 Å². The first kappa shape index (κ1) is 15.6. The number of halogens is 1. The molecule has 0 saturated heterocycles. The average Bonchev–Trinajstić information content (AvgIpc) is 2.27. The van der Waals surface area contributed by atoms with Gasteiger partial charge in [0, 0.05) is 11.9 Å². The second-order valence-corrected chi connectivity index (χ2v) is 5.38. The predicted molar refractivity (Wildman–Crippen MR) is 83.2 cm³/mol. The van der Waals surface area contributed by atoms with Crippen LogP contribution >= 0.6 is 12.2 Å². The van der Waals surface area contributed by atoms with E-state index < -0.39 is 0 Å². The van der Waals surface area contributed by atoms with Crippen LogP contribution in [0.4, 0.5) is 10.1 Å². The molecule has 0 aliphatic heterocycles. The largest absolute Gasteiger partial charge is 0.331 e. The number of hydrazone groups is 1. The number of benzene rings is 1. The summed E-state index contributed by atoms with van der Waals surface area (Å²) in [6.07, 6.45) is 1.75. The van der Waals surface area contributed by atoms with Gasteiger partial charge in [-0.3, -0.25) is 5.43 Å². The lowest BCUT2D eigenvalue weighted by Gasteiger charge is -2.15. The maximum Gasteiger partial charge on any atom is 0.191 e. The minimum absolute atomic E-state index is 0.282. The molecule has 0 unspecified atom stereocenters. The van der Waals surface area contributed by atoms with E-state index in [0.717, 1.165) is 5.56 Å². The molecule has 19 heavy (non-hydrogen) atoms. The number of anilines is 1. The Kier molecular flexibility index (Phi) is 5.89. The number of hydrogen-bond acceptors (Lipinski definition) is 2. The van der Waals surface area contributed by atoms with Crippen molar-refractivity contribution in [2.75, 3.05) is 5.32 Å². The van der Waals surface area contributed by atoms with Crippen LogP contribution in [0.3, 0.4) is 0 Å². The van der Waals surface area contributed by atoms with Gasteiger partial charge in [-0.2, -0.15) is 5.10 Å². The maximum atomic E-state index is 13.3. The Hall–Kier alpha value is -1.49. The van der Waals surface area contributed by atoms with E-state index in [1.807, 2.05) is 27.7 Å². The minimum Gasteiger partial charge on any atom is -0.331 e. The van der Waals surface area contributed by atoms with Crippen molar-refractivity contribution in [1.82, 2.24) is 5.43 Å². The van der Waals surface area contributed by atoms with Crippen molar-refractivity contribution < 1.29 is 4.39 Å². The van der Waals surface area contributed by atoms with Gasteiger partial charge in [0.2, 0.25) is 0 Å². The van der Waals surface area contributed by atoms with Gasteiger partial charge in [0.25, 0.3) is 0 Å². The van der Waals surface area contributed by atoms with Gasteiger partial charge in [0.05, 0.1) is 0 Å². The summed E-state index contributed by atoms with van der Waals surface area (Å²) in [4.78, 5) is 0. The standard InChI is InChI=1S/C14H20FN3S/c1-9(2)8-16-18-14(19)17-13-7-11(15)5-6-12(13)10(3)4/h5-10H,1-4H3,(H2,17,18,19)/b16-8+. The zero-order valence-corrected chi connectivity index (χ0v) is 12.5. The summed E-state index contributed by atoms with van der Waals surface area (Å²) >= 11 is 5.12. The number of thiocarbonyl (C=S) groups is 1. The van der Waals surface area contributed by atoms with Crippen LogP contribution in [0.15, 0.2) is 23.3 Å². The molecule has 0 spiro atoms. The summed E-state index contributed by atoms with van der Waals surface area (Å²) in [5.41, 5.74) is 4.40. The lowest BCUT2D eigenvalue weighted by Crippen LogP contribution is -2.25. The molecule has 0 atom stereocenters. The van der Waals surface area contributed by atoms with Crippen molar-refractivity contribution in [2.24, 2.45) is 11.0 Å². The zero-order valence-electron chi connectivity index (χ0n) is 11.7. The number of rotatable bonds is 4. The van der Waals surface area contributed by atoms with Crippen LogP contribution in [0.1, 0.15) is 39.2 Å². The zero-order chi connectivity index (χ0) is 14.4. The first-order valence-corrected chi connectivity index (χ1v) is 6.70. The maximum absolute atomic E-state index is 13.3. The van der Waals surface area contributed by atoms with Gasteiger partial charge in [-0.1, -0.05) is 33.8 Å². The molecule has 0 aliphatic carbocycles. The molecular formula is C14H20FN3S. The van der Waals surface area contributed by atoms with Crippen LogP contribution in [0.2, 0.25) is 0 Å². The molecule has 0 aromatic heterocycles. The van der Waals surface area contributed by atoms with Crippen LogP contribution < -0.4 is 10.7 Å². The fourth-order valence-electron chi connectivity index (χ4n) is 1.54. The third-order valence-corrected chi connectivity index (χ3v) is 2.62. The Morgan fingerprint density at radius 2 is 2.00 bits per heavy atom. The lowest BCUT2D eigenvalue weighted by molar-refractivity contribution is 0.627. The Bertz CT molecular complexity index is 470. The predicted octanol–water partition coefficient (Wildman–Crippen LogP) is 3.88. The van der Waals surface area contributed by atoms with E-state index in [9.17, 15) is 4.39 Å². The van der Waals surface area contributed by atoms with Crippen molar-refractivity contribution in [2.45, 2.75) is 33.6 Å². The molecule has 0 aliphatic rings. The van der Waals surface area contributed by atoms with Gasteiger partial charge in [0.1, 0.15) is 5.82 Å². The summed E-state index contributed by atoms with van der Waals surface area (Å²) in [5, 5.41) is 7.32. The third kappa shape index (κ3) is 5.34. The highest BCUT2D eigenvalue weighted by atomic mass is 32.1. The molecule has 0 amide bonds. The molecule has 1 aromatic carbocycles. The van der Waals surface area contributed by atoms with E-state index in [-0.39, 0.29) is 11.7 Å². The fourth-order valence-corrected chi connectivity index (χ4v) is 1.70. The third-order valence-electron chi connectivity index (χ3n) is 2.42. The Balaban J connectivity index is 2.75. The summed E-state index contributed by atoms with van der Waals surface area (Å²) in [7, 11) is 0. The number of nitrogens with one attached hydrogen (secondary N) is 2.